The zero-order chi connectivity index (χ0) is 31.1. The molecule has 3 aromatic carbocycles. The van der Waals surface area contributed by atoms with Crippen molar-refractivity contribution in [3.05, 3.63) is 106 Å². The number of hydrogen-bond donors (Lipinski definition) is 3. The van der Waals surface area contributed by atoms with Crippen LogP contribution in [0.15, 0.2) is 60.7 Å². The molecule has 1 aliphatic rings. The molecule has 3 aromatic rings. The lowest BCUT2D eigenvalue weighted by Crippen LogP contribution is -2.50. The van der Waals surface area contributed by atoms with E-state index in [0.717, 1.165) is 54.1 Å². The number of terminal acetylenes is 1. The molecule has 0 aliphatic heterocycles. The molecule has 4 rings (SSSR count). The highest BCUT2D eigenvalue weighted by Gasteiger charge is 2.44. The molecular weight excluding hydrogens is 615 g/mol. The third-order valence-corrected chi connectivity index (χ3v) is 8.08. The van der Waals surface area contributed by atoms with Gasteiger partial charge >= 0.3 is 0 Å². The van der Waals surface area contributed by atoms with E-state index in [0.29, 0.717) is 23.6 Å². The third-order valence-electron chi connectivity index (χ3n) is 8.08. The van der Waals surface area contributed by atoms with Crippen molar-refractivity contribution in [1.29, 1.82) is 0 Å². The van der Waals surface area contributed by atoms with Gasteiger partial charge in [0.15, 0.2) is 0 Å². The van der Waals surface area contributed by atoms with Gasteiger partial charge in [-0.2, -0.15) is 0 Å². The average molecular weight is 661 g/mol. The molecule has 0 bridgehead atoms. The maximum atomic E-state index is 14.0. The van der Waals surface area contributed by atoms with Crippen LogP contribution in [0.3, 0.4) is 0 Å². The summed E-state index contributed by atoms with van der Waals surface area (Å²) in [4.78, 5) is 15.8. The Labute approximate surface area is 279 Å². The van der Waals surface area contributed by atoms with E-state index in [-0.39, 0.29) is 49.2 Å². The number of aryl methyl sites for hydroxylation is 1. The molecule has 45 heavy (non-hydrogen) atoms. The molecule has 5 nitrogen and oxygen atoms in total. The first-order valence-electron chi connectivity index (χ1n) is 15.0. The number of nitrogens with one attached hydrogen (secondary N) is 2. The van der Waals surface area contributed by atoms with E-state index in [1.54, 1.807) is 0 Å². The van der Waals surface area contributed by atoms with Crippen LogP contribution in [0.4, 0.5) is 8.78 Å². The van der Waals surface area contributed by atoms with Crippen molar-refractivity contribution in [3.63, 3.8) is 0 Å². The van der Waals surface area contributed by atoms with Crippen LogP contribution in [-0.4, -0.2) is 48.2 Å². The van der Waals surface area contributed by atoms with Crippen molar-refractivity contribution in [1.82, 2.24) is 15.5 Å². The molecule has 9 heteroatoms. The first kappa shape index (κ1) is 38.2. The Bertz CT molecular complexity index is 1450. The predicted octanol–water partition coefficient (Wildman–Crippen LogP) is 6.56. The minimum atomic E-state index is -1.03. The second-order valence-corrected chi connectivity index (χ2v) is 12.4. The minimum Gasteiger partial charge on any atom is -0.390 e. The minimum absolute atomic E-state index is 0. The number of amides is 1. The smallest absolute Gasteiger partial charge is 0.251 e. The molecule has 1 aliphatic carbocycles. The van der Waals surface area contributed by atoms with Crippen LogP contribution in [0.5, 0.6) is 0 Å². The number of carbonyl (C=O) groups excluding carboxylic acids is 1. The van der Waals surface area contributed by atoms with E-state index < -0.39 is 23.8 Å². The van der Waals surface area contributed by atoms with Crippen LogP contribution in [0.25, 0.3) is 0 Å². The molecule has 244 valence electrons. The zero-order valence-electron chi connectivity index (χ0n) is 26.4. The first-order chi connectivity index (χ1) is 20.5. The maximum Gasteiger partial charge on any atom is 0.251 e. The molecule has 0 unspecified atom stereocenters. The van der Waals surface area contributed by atoms with Crippen molar-refractivity contribution < 1.29 is 18.7 Å². The molecule has 0 spiro atoms. The number of aliphatic hydroxyl groups excluding tert-OH is 1. The van der Waals surface area contributed by atoms with E-state index in [1.807, 2.05) is 43.3 Å². The summed E-state index contributed by atoms with van der Waals surface area (Å²) in [5.41, 5.74) is 4.33. The fraction of sp³-hybridized carbons (Fsp3) is 0.417. The van der Waals surface area contributed by atoms with Crippen LogP contribution in [0.1, 0.15) is 71.3 Å². The Kier molecular flexibility index (Phi) is 14.5. The summed E-state index contributed by atoms with van der Waals surface area (Å²) in [5.74, 6) is 1.51. The number of carbonyl (C=O) groups is 1. The van der Waals surface area contributed by atoms with Gasteiger partial charge in [-0.1, -0.05) is 43.5 Å². The van der Waals surface area contributed by atoms with Crippen molar-refractivity contribution in [3.8, 4) is 12.3 Å². The Morgan fingerprint density at radius 3 is 2.36 bits per heavy atom. The monoisotopic (exact) mass is 659 g/mol. The summed E-state index contributed by atoms with van der Waals surface area (Å²) >= 11 is 0. The molecule has 0 aromatic heterocycles. The van der Waals surface area contributed by atoms with Crippen LogP contribution >= 0.6 is 24.8 Å². The molecule has 3 N–H and O–H groups in total. The first-order valence-corrected chi connectivity index (χ1v) is 15.0. The van der Waals surface area contributed by atoms with Crippen molar-refractivity contribution in [2.24, 2.45) is 5.92 Å². The molecule has 0 saturated heterocycles. The highest BCUT2D eigenvalue weighted by molar-refractivity contribution is 5.94. The Morgan fingerprint density at radius 1 is 1.04 bits per heavy atom. The zero-order valence-corrected chi connectivity index (χ0v) is 28.0. The Morgan fingerprint density at radius 2 is 1.73 bits per heavy atom. The van der Waals surface area contributed by atoms with Crippen molar-refractivity contribution >= 4 is 30.7 Å². The summed E-state index contributed by atoms with van der Waals surface area (Å²) in [6.45, 7) is 8.17. The molecule has 0 heterocycles. The van der Waals surface area contributed by atoms with E-state index >= 15 is 0 Å². The number of halogens is 4. The van der Waals surface area contributed by atoms with Gasteiger partial charge in [0.05, 0.1) is 12.1 Å². The summed E-state index contributed by atoms with van der Waals surface area (Å²) in [6.07, 6.45) is 7.47. The fourth-order valence-electron chi connectivity index (χ4n) is 5.51. The summed E-state index contributed by atoms with van der Waals surface area (Å²) in [6, 6.07) is 16.0. The van der Waals surface area contributed by atoms with Gasteiger partial charge in [0.2, 0.25) is 0 Å². The molecule has 0 radical (unpaired) electrons. The number of aliphatic hydroxyl groups is 1. The quantitative estimate of drug-likeness (QED) is 0.172. The highest BCUT2D eigenvalue weighted by atomic mass is 35.5. The van der Waals surface area contributed by atoms with Gasteiger partial charge in [0.1, 0.15) is 11.6 Å². The Hall–Kier alpha value is -2.99. The van der Waals surface area contributed by atoms with E-state index in [4.69, 9.17) is 6.42 Å². The van der Waals surface area contributed by atoms with E-state index in [2.05, 4.69) is 48.4 Å². The van der Waals surface area contributed by atoms with Crippen LogP contribution in [0.2, 0.25) is 0 Å². The number of benzene rings is 3. The van der Waals surface area contributed by atoms with Gasteiger partial charge < -0.3 is 20.6 Å². The molecule has 1 fully saturated rings. The predicted molar refractivity (Wildman–Crippen MR) is 182 cm³/mol. The van der Waals surface area contributed by atoms with Gasteiger partial charge in [0, 0.05) is 35.8 Å². The fourth-order valence-corrected chi connectivity index (χ4v) is 5.51. The second-order valence-electron chi connectivity index (χ2n) is 12.4. The van der Waals surface area contributed by atoms with E-state index in [1.165, 1.54) is 12.1 Å². The Balaban J connectivity index is 0.00000353. The van der Waals surface area contributed by atoms with Gasteiger partial charge in [0.25, 0.3) is 5.91 Å². The summed E-state index contributed by atoms with van der Waals surface area (Å²) in [5, 5.41) is 17.8. The van der Waals surface area contributed by atoms with Gasteiger partial charge in [-0.3, -0.25) is 4.79 Å². The SMILES string of the molecule is C#Cc1cccc(C2(NC[C@H](O)[C@H](Cc3cc(F)cc(F)c3)NC(=O)c3cc(C)cc(CN(C)CCC(C)C)c3)CC2)c1.Cl.Cl. The van der Waals surface area contributed by atoms with Crippen LogP contribution in [0, 0.1) is 36.8 Å². The summed E-state index contributed by atoms with van der Waals surface area (Å²) < 4.78 is 28.1. The normalized spacial score (nSPS) is 14.6. The molecule has 1 amide bonds. The third kappa shape index (κ3) is 11.1. The van der Waals surface area contributed by atoms with Crippen LogP contribution in [-0.2, 0) is 18.5 Å². The van der Waals surface area contributed by atoms with Crippen LogP contribution < -0.4 is 10.6 Å². The molecular formula is C36H45Cl2F2N3O2. The van der Waals surface area contributed by atoms with Gasteiger partial charge in [-0.25, -0.2) is 8.78 Å². The van der Waals surface area contributed by atoms with E-state index in [9.17, 15) is 18.7 Å². The lowest BCUT2D eigenvalue weighted by molar-refractivity contribution is 0.0821. The van der Waals surface area contributed by atoms with Gasteiger partial charge in [-0.05, 0) is 105 Å². The van der Waals surface area contributed by atoms with Crippen molar-refractivity contribution in [2.75, 3.05) is 20.1 Å². The lowest BCUT2D eigenvalue weighted by atomic mass is 9.98. The average Bonchev–Trinajstić information content (AvgIpc) is 3.75. The molecule has 2 atom stereocenters. The lowest BCUT2D eigenvalue weighted by Gasteiger charge is -2.27. The van der Waals surface area contributed by atoms with Crippen molar-refractivity contribution in [2.45, 2.75) is 70.7 Å². The molecule has 1 saturated carbocycles. The van der Waals surface area contributed by atoms with Gasteiger partial charge in [-0.15, -0.1) is 31.2 Å². The second kappa shape index (κ2) is 17.1. The number of rotatable bonds is 14. The largest absolute Gasteiger partial charge is 0.390 e. The number of nitrogens with zero attached hydrogens (tertiary/aromatic N) is 1. The number of hydrogen-bond acceptors (Lipinski definition) is 4. The topological polar surface area (TPSA) is 64.6 Å². The standard InChI is InChI=1S/C36H43F2N3O2.2ClH/c1-6-26-8-7-9-30(17-26)36(11-12-36)39-22-34(42)33(20-27-18-31(37)21-32(38)19-27)40-35(43)29-15-25(4)14-28(16-29)23-41(5)13-10-24(2)3;;/h1,7-9,14-19,21,24,33-34,39,42H,10-13,20,22-23H2,2-5H3,(H,40,43);2*1H/t33-,34-;;/m0../s1. The highest BCUT2D eigenvalue weighted by Crippen LogP contribution is 2.45. The summed E-state index contributed by atoms with van der Waals surface area (Å²) in [7, 11) is 2.07. The maximum absolute atomic E-state index is 14.0.